The quantitative estimate of drug-likeness (QED) is 0.834. The second-order valence-corrected chi connectivity index (χ2v) is 5.41. The topological polar surface area (TPSA) is 68.8 Å². The van der Waals surface area contributed by atoms with Crippen LogP contribution < -0.4 is 24.8 Å². The van der Waals surface area contributed by atoms with Crippen LogP contribution in [0.5, 0.6) is 17.2 Å². The molecule has 1 amide bonds. The maximum Gasteiger partial charge on any atom is 0.257 e. The van der Waals surface area contributed by atoms with Crippen molar-refractivity contribution in [3.05, 3.63) is 48.0 Å². The van der Waals surface area contributed by atoms with Gasteiger partial charge in [-0.25, -0.2) is 0 Å². The number of carbonyl (C=O) groups is 1. The molecule has 24 heavy (non-hydrogen) atoms. The van der Waals surface area contributed by atoms with Gasteiger partial charge in [-0.15, -0.1) is 0 Å². The molecule has 1 heterocycles. The fourth-order valence-electron chi connectivity index (χ4n) is 2.22. The van der Waals surface area contributed by atoms with E-state index in [1.165, 1.54) is 0 Å². The van der Waals surface area contributed by atoms with Crippen molar-refractivity contribution in [3.63, 3.8) is 0 Å². The van der Waals surface area contributed by atoms with Crippen molar-refractivity contribution >= 4 is 28.9 Å². The molecule has 0 saturated carbocycles. The Labute approximate surface area is 144 Å². The molecule has 3 rings (SSSR count). The van der Waals surface area contributed by atoms with Crippen molar-refractivity contribution in [2.24, 2.45) is 0 Å². The Kier molecular flexibility index (Phi) is 4.81. The Hall–Kier alpha value is -2.80. The van der Waals surface area contributed by atoms with Gasteiger partial charge in [-0.2, -0.15) is 0 Å². The van der Waals surface area contributed by atoms with Crippen molar-refractivity contribution < 1.29 is 19.0 Å². The van der Waals surface area contributed by atoms with Crippen molar-refractivity contribution in [2.75, 3.05) is 25.6 Å². The summed E-state index contributed by atoms with van der Waals surface area (Å²) in [6.07, 6.45) is 0. The van der Waals surface area contributed by atoms with E-state index >= 15 is 0 Å². The van der Waals surface area contributed by atoms with Crippen LogP contribution in [0.1, 0.15) is 10.4 Å². The molecule has 0 saturated heterocycles. The number of ether oxygens (including phenoxy) is 3. The number of rotatable bonds is 3. The number of hydrogen-bond donors (Lipinski definition) is 2. The zero-order valence-corrected chi connectivity index (χ0v) is 13.8. The van der Waals surface area contributed by atoms with Gasteiger partial charge in [0.25, 0.3) is 5.91 Å². The Bertz CT molecular complexity index is 779. The van der Waals surface area contributed by atoms with Crippen molar-refractivity contribution in [1.82, 2.24) is 5.32 Å². The maximum absolute atomic E-state index is 12.3. The zero-order valence-electron chi connectivity index (χ0n) is 13.0. The highest BCUT2D eigenvalue weighted by atomic mass is 32.1. The van der Waals surface area contributed by atoms with Gasteiger partial charge >= 0.3 is 0 Å². The summed E-state index contributed by atoms with van der Waals surface area (Å²) < 4.78 is 16.0. The first-order chi connectivity index (χ1) is 11.7. The fraction of sp³-hybridized carbons (Fsp3) is 0.176. The minimum absolute atomic E-state index is 0.197. The smallest absolute Gasteiger partial charge is 0.257 e. The Morgan fingerprint density at radius 1 is 1.12 bits per heavy atom. The number of methoxy groups -OCH3 is 1. The van der Waals surface area contributed by atoms with Crippen LogP contribution in [0.15, 0.2) is 42.5 Å². The van der Waals surface area contributed by atoms with Gasteiger partial charge in [-0.1, -0.05) is 6.07 Å². The summed E-state index contributed by atoms with van der Waals surface area (Å²) in [4.78, 5) is 12.3. The number of anilines is 1. The molecule has 2 N–H and O–H groups in total. The molecule has 2 aromatic carbocycles. The van der Waals surface area contributed by atoms with Gasteiger partial charge in [0.05, 0.1) is 7.11 Å². The van der Waals surface area contributed by atoms with Gasteiger partial charge in [0.15, 0.2) is 16.6 Å². The molecule has 6 nitrogen and oxygen atoms in total. The van der Waals surface area contributed by atoms with Gasteiger partial charge in [-0.05, 0) is 42.5 Å². The van der Waals surface area contributed by atoms with Crippen LogP contribution in [0.25, 0.3) is 0 Å². The van der Waals surface area contributed by atoms with Crippen LogP contribution in [0, 0.1) is 0 Å². The Morgan fingerprint density at radius 2 is 1.92 bits per heavy atom. The van der Waals surface area contributed by atoms with E-state index in [0.717, 1.165) is 5.69 Å². The van der Waals surface area contributed by atoms with Gasteiger partial charge < -0.3 is 19.5 Å². The van der Waals surface area contributed by atoms with Crippen LogP contribution in [-0.2, 0) is 0 Å². The summed E-state index contributed by atoms with van der Waals surface area (Å²) in [6.45, 7) is 0.973. The highest BCUT2D eigenvalue weighted by molar-refractivity contribution is 7.80. The minimum Gasteiger partial charge on any atom is -0.497 e. The number of hydrogen-bond acceptors (Lipinski definition) is 5. The van der Waals surface area contributed by atoms with E-state index in [4.69, 9.17) is 26.4 Å². The third-order valence-electron chi connectivity index (χ3n) is 3.36. The lowest BCUT2D eigenvalue weighted by Gasteiger charge is -2.18. The van der Waals surface area contributed by atoms with Gasteiger partial charge in [0, 0.05) is 17.3 Å². The molecule has 0 radical (unpaired) electrons. The molecule has 2 aromatic rings. The Morgan fingerprint density at radius 3 is 2.71 bits per heavy atom. The monoisotopic (exact) mass is 344 g/mol. The zero-order chi connectivity index (χ0) is 16.9. The predicted molar refractivity (Wildman–Crippen MR) is 94.1 cm³/mol. The first-order valence-corrected chi connectivity index (χ1v) is 7.72. The average molecular weight is 344 g/mol. The highest BCUT2D eigenvalue weighted by Crippen LogP contribution is 2.30. The van der Waals surface area contributed by atoms with Crippen molar-refractivity contribution in [1.29, 1.82) is 0 Å². The van der Waals surface area contributed by atoms with Gasteiger partial charge in [0.2, 0.25) is 0 Å². The van der Waals surface area contributed by atoms with E-state index in [2.05, 4.69) is 10.6 Å². The molecular weight excluding hydrogens is 328 g/mol. The summed E-state index contributed by atoms with van der Waals surface area (Å²) in [5, 5.41) is 5.77. The summed E-state index contributed by atoms with van der Waals surface area (Å²) in [5.74, 6) is 1.56. The standard InChI is InChI=1S/C17H16N2O4S/c1-21-13-4-2-3-12(10-13)18-17(24)19-16(20)11-5-6-14-15(9-11)23-8-7-22-14/h2-6,9-10H,7-8H2,1H3,(H2,18,19,20,24). The van der Waals surface area contributed by atoms with E-state index in [9.17, 15) is 4.79 Å². The van der Waals surface area contributed by atoms with Crippen LogP contribution in [0.4, 0.5) is 5.69 Å². The number of carbonyl (C=O) groups excluding carboxylic acids is 1. The minimum atomic E-state index is -0.327. The van der Waals surface area contributed by atoms with Crippen LogP contribution >= 0.6 is 12.2 Å². The number of fused-ring (bicyclic) bond motifs is 1. The number of thiocarbonyl (C=S) groups is 1. The number of benzene rings is 2. The molecular formula is C17H16N2O4S. The molecule has 124 valence electrons. The third-order valence-corrected chi connectivity index (χ3v) is 3.56. The molecule has 0 aromatic heterocycles. The fourth-order valence-corrected chi connectivity index (χ4v) is 2.43. The summed E-state index contributed by atoms with van der Waals surface area (Å²) in [5.41, 5.74) is 1.16. The molecule has 0 bridgehead atoms. The lowest BCUT2D eigenvalue weighted by atomic mass is 10.2. The molecule has 0 aliphatic carbocycles. The summed E-state index contributed by atoms with van der Waals surface area (Å²) >= 11 is 5.17. The predicted octanol–water partition coefficient (Wildman–Crippen LogP) is 2.59. The SMILES string of the molecule is COc1cccc(NC(=S)NC(=O)c2ccc3c(c2)OCCO3)c1. The van der Waals surface area contributed by atoms with Crippen LogP contribution in [0.3, 0.4) is 0 Å². The van der Waals surface area contributed by atoms with E-state index in [1.807, 2.05) is 18.2 Å². The highest BCUT2D eigenvalue weighted by Gasteiger charge is 2.15. The third kappa shape index (κ3) is 3.75. The number of nitrogens with one attached hydrogen (secondary N) is 2. The second-order valence-electron chi connectivity index (χ2n) is 5.00. The Balaban J connectivity index is 1.64. The summed E-state index contributed by atoms with van der Waals surface area (Å²) in [6, 6.07) is 12.3. The first-order valence-electron chi connectivity index (χ1n) is 7.32. The van der Waals surface area contributed by atoms with Crippen molar-refractivity contribution in [3.8, 4) is 17.2 Å². The second kappa shape index (κ2) is 7.18. The lowest BCUT2D eigenvalue weighted by molar-refractivity contribution is 0.0976. The van der Waals surface area contributed by atoms with E-state index < -0.39 is 0 Å². The van der Waals surface area contributed by atoms with E-state index in [0.29, 0.717) is 36.0 Å². The normalized spacial score (nSPS) is 12.2. The maximum atomic E-state index is 12.3. The lowest BCUT2D eigenvalue weighted by Crippen LogP contribution is -2.34. The molecule has 1 aliphatic rings. The molecule has 0 unspecified atom stereocenters. The van der Waals surface area contributed by atoms with Gasteiger partial charge in [0.1, 0.15) is 19.0 Å². The molecule has 7 heteroatoms. The van der Waals surface area contributed by atoms with E-state index in [1.54, 1.807) is 31.4 Å². The number of amides is 1. The molecule has 0 spiro atoms. The van der Waals surface area contributed by atoms with E-state index in [-0.39, 0.29) is 11.0 Å². The summed E-state index contributed by atoms with van der Waals surface area (Å²) in [7, 11) is 1.58. The van der Waals surface area contributed by atoms with Gasteiger partial charge in [-0.3, -0.25) is 10.1 Å². The molecule has 0 atom stereocenters. The van der Waals surface area contributed by atoms with Crippen LogP contribution in [-0.4, -0.2) is 31.3 Å². The molecule has 1 aliphatic heterocycles. The average Bonchev–Trinajstić information content (AvgIpc) is 2.61. The van der Waals surface area contributed by atoms with Crippen LogP contribution in [0.2, 0.25) is 0 Å². The largest absolute Gasteiger partial charge is 0.497 e. The molecule has 0 fully saturated rings. The first kappa shape index (κ1) is 16.1. The van der Waals surface area contributed by atoms with Crippen molar-refractivity contribution in [2.45, 2.75) is 0 Å².